The SMILES string of the molecule is Cn1c(CCNC(=O)/C=C/c2cccs2)nnc1SCc1ccccn1. The molecule has 1 N–H and O–H groups in total. The van der Waals surface area contributed by atoms with Gasteiger partial charge in [-0.15, -0.1) is 21.5 Å². The van der Waals surface area contributed by atoms with Gasteiger partial charge in [0.15, 0.2) is 5.16 Å². The first kappa shape index (κ1) is 18.3. The molecule has 0 aliphatic carbocycles. The summed E-state index contributed by atoms with van der Waals surface area (Å²) in [5, 5.41) is 14.1. The molecule has 0 aliphatic rings. The molecule has 8 heteroatoms. The van der Waals surface area contributed by atoms with Gasteiger partial charge < -0.3 is 9.88 Å². The molecule has 134 valence electrons. The largest absolute Gasteiger partial charge is 0.352 e. The number of rotatable bonds is 8. The average molecular weight is 386 g/mol. The van der Waals surface area contributed by atoms with Crippen LogP contribution in [0, 0.1) is 0 Å². The average Bonchev–Trinajstić information content (AvgIpc) is 3.30. The molecule has 26 heavy (non-hydrogen) atoms. The van der Waals surface area contributed by atoms with Gasteiger partial charge in [0.25, 0.3) is 0 Å². The Labute approximate surface area is 160 Å². The molecule has 0 saturated carbocycles. The predicted molar refractivity (Wildman–Crippen MR) is 105 cm³/mol. The van der Waals surface area contributed by atoms with Crippen molar-refractivity contribution in [2.24, 2.45) is 7.05 Å². The van der Waals surface area contributed by atoms with Crippen LogP contribution in [0.3, 0.4) is 0 Å². The third-order valence-electron chi connectivity index (χ3n) is 3.59. The minimum Gasteiger partial charge on any atom is -0.352 e. The molecule has 0 spiro atoms. The van der Waals surface area contributed by atoms with Crippen molar-refractivity contribution in [1.29, 1.82) is 0 Å². The molecule has 0 aliphatic heterocycles. The van der Waals surface area contributed by atoms with Gasteiger partial charge in [0.05, 0.1) is 5.69 Å². The Balaban J connectivity index is 1.45. The number of hydrogen-bond acceptors (Lipinski definition) is 6. The van der Waals surface area contributed by atoms with E-state index in [1.807, 2.05) is 53.4 Å². The Kier molecular flexibility index (Phi) is 6.56. The lowest BCUT2D eigenvalue weighted by Crippen LogP contribution is -2.24. The second kappa shape index (κ2) is 9.30. The third-order valence-corrected chi connectivity index (χ3v) is 5.48. The highest BCUT2D eigenvalue weighted by Crippen LogP contribution is 2.19. The molecule has 1 amide bonds. The van der Waals surface area contributed by atoms with Crippen LogP contribution in [-0.4, -0.2) is 32.2 Å². The van der Waals surface area contributed by atoms with E-state index in [1.54, 1.807) is 35.4 Å². The molecule has 3 rings (SSSR count). The van der Waals surface area contributed by atoms with Crippen LogP contribution in [0.25, 0.3) is 6.08 Å². The zero-order valence-corrected chi connectivity index (χ0v) is 16.0. The van der Waals surface area contributed by atoms with E-state index in [9.17, 15) is 4.79 Å². The number of thioether (sulfide) groups is 1. The fraction of sp³-hybridized carbons (Fsp3) is 0.222. The lowest BCUT2D eigenvalue weighted by molar-refractivity contribution is -0.116. The molecule has 0 fully saturated rings. The number of carbonyl (C=O) groups is 1. The monoisotopic (exact) mass is 385 g/mol. The minimum absolute atomic E-state index is 0.106. The van der Waals surface area contributed by atoms with Crippen molar-refractivity contribution >= 4 is 35.1 Å². The van der Waals surface area contributed by atoms with Crippen LogP contribution in [0.2, 0.25) is 0 Å². The highest BCUT2D eigenvalue weighted by atomic mass is 32.2. The molecule has 0 radical (unpaired) electrons. The van der Waals surface area contributed by atoms with Crippen molar-refractivity contribution in [2.45, 2.75) is 17.3 Å². The van der Waals surface area contributed by atoms with Gasteiger partial charge in [-0.2, -0.15) is 0 Å². The second-order valence-electron chi connectivity index (χ2n) is 5.46. The number of thiophene rings is 1. The molecule has 0 aromatic carbocycles. The maximum Gasteiger partial charge on any atom is 0.244 e. The van der Waals surface area contributed by atoms with E-state index in [-0.39, 0.29) is 5.91 Å². The van der Waals surface area contributed by atoms with Crippen LogP contribution in [0.5, 0.6) is 0 Å². The van der Waals surface area contributed by atoms with Crippen LogP contribution < -0.4 is 5.32 Å². The van der Waals surface area contributed by atoms with Gasteiger partial charge in [0.1, 0.15) is 5.82 Å². The minimum atomic E-state index is -0.106. The summed E-state index contributed by atoms with van der Waals surface area (Å²) >= 11 is 3.19. The van der Waals surface area contributed by atoms with Gasteiger partial charge in [-0.1, -0.05) is 23.9 Å². The van der Waals surface area contributed by atoms with Gasteiger partial charge in [0.2, 0.25) is 5.91 Å². The summed E-state index contributed by atoms with van der Waals surface area (Å²) in [6, 6.07) is 9.79. The quantitative estimate of drug-likeness (QED) is 0.477. The Hall–Kier alpha value is -2.45. The number of pyridine rings is 1. The summed E-state index contributed by atoms with van der Waals surface area (Å²) in [7, 11) is 1.94. The lowest BCUT2D eigenvalue weighted by atomic mass is 10.3. The third kappa shape index (κ3) is 5.27. The van der Waals surface area contributed by atoms with Crippen LogP contribution in [0.1, 0.15) is 16.4 Å². The Bertz CT molecular complexity index is 859. The molecular weight excluding hydrogens is 366 g/mol. The van der Waals surface area contributed by atoms with Gasteiger partial charge in [-0.25, -0.2) is 0 Å². The molecular formula is C18H19N5OS2. The maximum absolute atomic E-state index is 11.8. The van der Waals surface area contributed by atoms with Crippen molar-refractivity contribution in [3.63, 3.8) is 0 Å². The van der Waals surface area contributed by atoms with Crippen molar-refractivity contribution in [1.82, 2.24) is 25.1 Å². The highest BCUT2D eigenvalue weighted by molar-refractivity contribution is 7.98. The summed E-state index contributed by atoms with van der Waals surface area (Å²) in [5.74, 6) is 1.48. The fourth-order valence-corrected chi connectivity index (χ4v) is 3.67. The van der Waals surface area contributed by atoms with E-state index in [0.717, 1.165) is 27.3 Å². The van der Waals surface area contributed by atoms with Crippen molar-refractivity contribution in [3.8, 4) is 0 Å². The zero-order chi connectivity index (χ0) is 18.2. The fourth-order valence-electron chi connectivity index (χ4n) is 2.21. The Morgan fingerprint density at radius 3 is 3.00 bits per heavy atom. The number of nitrogens with one attached hydrogen (secondary N) is 1. The van der Waals surface area contributed by atoms with Crippen LogP contribution in [0.4, 0.5) is 0 Å². The molecule has 0 saturated heterocycles. The summed E-state index contributed by atoms with van der Waals surface area (Å²) in [5.41, 5.74) is 1.01. The van der Waals surface area contributed by atoms with Gasteiger partial charge in [0, 0.05) is 42.9 Å². The lowest BCUT2D eigenvalue weighted by Gasteiger charge is -2.04. The smallest absolute Gasteiger partial charge is 0.244 e. The standard InChI is InChI=1S/C18H19N5OS2/c1-23-16(9-11-20-17(24)8-7-15-6-4-12-25-15)21-22-18(23)26-13-14-5-2-3-10-19-14/h2-8,10,12H,9,11,13H2,1H3,(H,20,24)/b8-7+. The van der Waals surface area contributed by atoms with E-state index in [0.29, 0.717) is 13.0 Å². The predicted octanol–water partition coefficient (Wildman–Crippen LogP) is 2.94. The first-order chi connectivity index (χ1) is 12.7. The van der Waals surface area contributed by atoms with E-state index >= 15 is 0 Å². The molecule has 0 unspecified atom stereocenters. The van der Waals surface area contributed by atoms with Crippen LogP contribution in [-0.2, 0) is 24.0 Å². The molecule has 3 aromatic heterocycles. The zero-order valence-electron chi connectivity index (χ0n) is 14.3. The van der Waals surface area contributed by atoms with Crippen molar-refractivity contribution in [3.05, 3.63) is 64.4 Å². The summed E-state index contributed by atoms with van der Waals surface area (Å²) in [4.78, 5) is 17.2. The van der Waals surface area contributed by atoms with E-state index in [2.05, 4.69) is 20.5 Å². The summed E-state index contributed by atoms with van der Waals surface area (Å²) < 4.78 is 1.96. The summed E-state index contributed by atoms with van der Waals surface area (Å²) in [6.07, 6.45) is 5.78. The first-order valence-corrected chi connectivity index (χ1v) is 9.99. The van der Waals surface area contributed by atoms with E-state index in [4.69, 9.17) is 0 Å². The number of aromatic nitrogens is 4. The number of nitrogens with zero attached hydrogens (tertiary/aromatic N) is 4. The van der Waals surface area contributed by atoms with Crippen LogP contribution >= 0.6 is 23.1 Å². The van der Waals surface area contributed by atoms with E-state index in [1.165, 1.54) is 0 Å². The van der Waals surface area contributed by atoms with Crippen molar-refractivity contribution < 1.29 is 4.79 Å². The first-order valence-electron chi connectivity index (χ1n) is 8.13. The number of hydrogen-bond donors (Lipinski definition) is 1. The maximum atomic E-state index is 11.8. The summed E-state index contributed by atoms with van der Waals surface area (Å²) in [6.45, 7) is 0.518. The number of amides is 1. The number of carbonyl (C=O) groups excluding carboxylic acids is 1. The topological polar surface area (TPSA) is 72.7 Å². The highest BCUT2D eigenvalue weighted by Gasteiger charge is 2.09. The van der Waals surface area contributed by atoms with Crippen molar-refractivity contribution in [2.75, 3.05) is 6.54 Å². The Morgan fingerprint density at radius 2 is 2.23 bits per heavy atom. The molecule has 3 aromatic rings. The van der Waals surface area contributed by atoms with Gasteiger partial charge >= 0.3 is 0 Å². The van der Waals surface area contributed by atoms with Gasteiger partial charge in [-0.3, -0.25) is 9.78 Å². The molecule has 0 atom stereocenters. The molecule has 3 heterocycles. The molecule has 6 nitrogen and oxygen atoms in total. The van der Waals surface area contributed by atoms with Crippen LogP contribution in [0.15, 0.2) is 53.1 Å². The Morgan fingerprint density at radius 1 is 1.31 bits per heavy atom. The van der Waals surface area contributed by atoms with Gasteiger partial charge in [-0.05, 0) is 29.7 Å². The second-order valence-corrected chi connectivity index (χ2v) is 7.38. The molecule has 0 bridgehead atoms. The normalized spacial score (nSPS) is 11.1. The van der Waals surface area contributed by atoms with E-state index < -0.39 is 0 Å².